The van der Waals surface area contributed by atoms with Crippen LogP contribution in [-0.4, -0.2) is 55.7 Å². The maximum Gasteiger partial charge on any atom is 0.203 e. The quantitative estimate of drug-likeness (QED) is 0.710. The second-order valence-electron chi connectivity index (χ2n) is 5.89. The fraction of sp³-hybridized carbons (Fsp3) is 0.400. The van der Waals surface area contributed by atoms with E-state index in [1.54, 1.807) is 18.9 Å². The minimum absolute atomic E-state index is 0.396. The smallest absolute Gasteiger partial charge is 0.203 e. The van der Waals surface area contributed by atoms with Gasteiger partial charge in [-0.3, -0.25) is 4.40 Å². The summed E-state index contributed by atoms with van der Waals surface area (Å²) in [7, 11) is 2.09. The van der Waals surface area contributed by atoms with Crippen molar-refractivity contribution in [2.75, 3.05) is 29.9 Å². The molecule has 8 nitrogen and oxygen atoms in total. The first-order chi connectivity index (χ1) is 11.1. The van der Waals surface area contributed by atoms with Crippen LogP contribution in [0.3, 0.4) is 0 Å². The predicted molar refractivity (Wildman–Crippen MR) is 86.7 cm³/mol. The van der Waals surface area contributed by atoms with Gasteiger partial charge >= 0.3 is 0 Å². The van der Waals surface area contributed by atoms with Crippen LogP contribution in [0.4, 0.5) is 11.6 Å². The lowest BCUT2D eigenvalue weighted by Gasteiger charge is -2.45. The molecule has 0 bridgehead atoms. The van der Waals surface area contributed by atoms with Gasteiger partial charge in [0.05, 0.1) is 6.04 Å². The number of rotatable bonds is 3. The van der Waals surface area contributed by atoms with E-state index in [9.17, 15) is 0 Å². The van der Waals surface area contributed by atoms with Gasteiger partial charge in [-0.1, -0.05) is 0 Å². The van der Waals surface area contributed by atoms with E-state index in [2.05, 4.69) is 48.9 Å². The number of hydrogen-bond donors (Lipinski definition) is 0. The van der Waals surface area contributed by atoms with E-state index in [0.29, 0.717) is 6.04 Å². The Kier molecular flexibility index (Phi) is 3.10. The molecule has 3 aromatic rings. The number of nitrogens with zero attached hydrogens (tertiary/aromatic N) is 8. The van der Waals surface area contributed by atoms with Crippen LogP contribution in [0.1, 0.15) is 11.3 Å². The van der Waals surface area contributed by atoms with Crippen molar-refractivity contribution < 1.29 is 0 Å². The SMILES string of the molecule is Cc1ncnc(N(C)C2CN(c3nccn4cnnc34)C2)c1C. The molecule has 23 heavy (non-hydrogen) atoms. The van der Waals surface area contributed by atoms with E-state index in [-0.39, 0.29) is 0 Å². The lowest BCUT2D eigenvalue weighted by molar-refractivity contribution is 0.489. The molecule has 1 fully saturated rings. The van der Waals surface area contributed by atoms with E-state index < -0.39 is 0 Å². The fourth-order valence-electron chi connectivity index (χ4n) is 2.90. The van der Waals surface area contributed by atoms with E-state index in [4.69, 9.17) is 0 Å². The zero-order chi connectivity index (χ0) is 16.0. The Morgan fingerprint density at radius 3 is 2.83 bits per heavy atom. The maximum absolute atomic E-state index is 4.46. The predicted octanol–water partition coefficient (Wildman–Crippen LogP) is 0.856. The first-order valence-electron chi connectivity index (χ1n) is 7.55. The highest BCUT2D eigenvalue weighted by atomic mass is 15.4. The summed E-state index contributed by atoms with van der Waals surface area (Å²) in [4.78, 5) is 17.6. The van der Waals surface area contributed by atoms with Crippen LogP contribution < -0.4 is 9.80 Å². The molecule has 3 aromatic heterocycles. The molecular formula is C15H18N8. The molecule has 0 saturated carbocycles. The van der Waals surface area contributed by atoms with Gasteiger partial charge in [-0.05, 0) is 13.8 Å². The van der Waals surface area contributed by atoms with Gasteiger partial charge in [-0.2, -0.15) is 0 Å². The zero-order valence-corrected chi connectivity index (χ0v) is 13.4. The van der Waals surface area contributed by atoms with Crippen LogP contribution in [0.5, 0.6) is 0 Å². The van der Waals surface area contributed by atoms with Gasteiger partial charge in [-0.25, -0.2) is 15.0 Å². The summed E-state index contributed by atoms with van der Waals surface area (Å²) in [6.07, 6.45) is 6.95. The molecule has 0 radical (unpaired) electrons. The summed E-state index contributed by atoms with van der Waals surface area (Å²) >= 11 is 0. The molecule has 1 aliphatic rings. The maximum atomic E-state index is 4.46. The molecule has 4 heterocycles. The standard InChI is InChI=1S/C15H18N8/c1-10-11(2)17-8-18-13(10)21(3)12-6-23(7-12)14-15-20-19-9-22(15)5-4-16-14/h4-5,8-9,12H,6-7H2,1-3H3. The topological polar surface area (TPSA) is 75.3 Å². The van der Waals surface area contributed by atoms with Crippen molar-refractivity contribution >= 4 is 17.3 Å². The third-order valence-electron chi connectivity index (χ3n) is 4.55. The molecule has 0 spiro atoms. The average Bonchev–Trinajstić information content (AvgIpc) is 2.97. The molecule has 0 aliphatic carbocycles. The van der Waals surface area contributed by atoms with E-state index in [0.717, 1.165) is 41.6 Å². The van der Waals surface area contributed by atoms with Crippen molar-refractivity contribution in [3.8, 4) is 0 Å². The Hall–Kier alpha value is -2.77. The van der Waals surface area contributed by atoms with Gasteiger partial charge in [0.2, 0.25) is 5.65 Å². The molecule has 4 rings (SSSR count). The van der Waals surface area contributed by atoms with Crippen LogP contribution in [0.2, 0.25) is 0 Å². The van der Waals surface area contributed by atoms with Crippen molar-refractivity contribution in [3.63, 3.8) is 0 Å². The van der Waals surface area contributed by atoms with Crippen LogP contribution >= 0.6 is 0 Å². The van der Waals surface area contributed by atoms with Crippen molar-refractivity contribution in [3.05, 3.63) is 36.3 Å². The van der Waals surface area contributed by atoms with E-state index in [1.165, 1.54) is 0 Å². The Morgan fingerprint density at radius 1 is 1.17 bits per heavy atom. The molecule has 0 N–H and O–H groups in total. The first kappa shape index (κ1) is 13.9. The Morgan fingerprint density at radius 2 is 2.00 bits per heavy atom. The molecule has 1 aliphatic heterocycles. The second kappa shape index (κ2) is 5.15. The van der Waals surface area contributed by atoms with Gasteiger partial charge in [0.25, 0.3) is 0 Å². The Labute approximate surface area is 133 Å². The summed E-state index contributed by atoms with van der Waals surface area (Å²) in [6.45, 7) is 5.85. The van der Waals surface area contributed by atoms with E-state index >= 15 is 0 Å². The van der Waals surface area contributed by atoms with Crippen molar-refractivity contribution in [1.29, 1.82) is 0 Å². The van der Waals surface area contributed by atoms with Crippen molar-refractivity contribution in [1.82, 2.24) is 29.5 Å². The van der Waals surface area contributed by atoms with Gasteiger partial charge in [0.1, 0.15) is 18.5 Å². The lowest BCUT2D eigenvalue weighted by Crippen LogP contribution is -2.59. The number of anilines is 2. The number of aryl methyl sites for hydroxylation is 1. The number of fused-ring (bicyclic) bond motifs is 1. The van der Waals surface area contributed by atoms with Gasteiger partial charge in [0, 0.05) is 43.8 Å². The van der Waals surface area contributed by atoms with Gasteiger partial charge in [-0.15, -0.1) is 10.2 Å². The monoisotopic (exact) mass is 310 g/mol. The average molecular weight is 310 g/mol. The normalized spacial score (nSPS) is 15.0. The molecule has 8 heteroatoms. The summed E-state index contributed by atoms with van der Waals surface area (Å²) in [6, 6.07) is 0.396. The molecule has 0 atom stereocenters. The molecule has 0 unspecified atom stereocenters. The Bertz CT molecular complexity index is 852. The zero-order valence-electron chi connectivity index (χ0n) is 13.4. The lowest BCUT2D eigenvalue weighted by atomic mass is 10.1. The third-order valence-corrected chi connectivity index (χ3v) is 4.55. The van der Waals surface area contributed by atoms with Crippen molar-refractivity contribution in [2.24, 2.45) is 0 Å². The second-order valence-corrected chi connectivity index (χ2v) is 5.89. The van der Waals surface area contributed by atoms with Crippen LogP contribution in [0.15, 0.2) is 25.0 Å². The van der Waals surface area contributed by atoms with Crippen LogP contribution in [-0.2, 0) is 0 Å². The van der Waals surface area contributed by atoms with E-state index in [1.807, 2.05) is 17.5 Å². The highest BCUT2D eigenvalue weighted by molar-refractivity contribution is 5.65. The molecular weight excluding hydrogens is 292 g/mol. The minimum Gasteiger partial charge on any atom is -0.353 e. The molecule has 1 saturated heterocycles. The van der Waals surface area contributed by atoms with Crippen LogP contribution in [0, 0.1) is 13.8 Å². The Balaban J connectivity index is 1.53. The highest BCUT2D eigenvalue weighted by Gasteiger charge is 2.33. The molecule has 0 aromatic carbocycles. The molecule has 0 amide bonds. The third kappa shape index (κ3) is 2.18. The fourth-order valence-corrected chi connectivity index (χ4v) is 2.90. The summed E-state index contributed by atoms with van der Waals surface area (Å²) in [5, 5.41) is 8.09. The summed E-state index contributed by atoms with van der Waals surface area (Å²) in [5.41, 5.74) is 2.95. The number of likely N-dealkylation sites (N-methyl/N-ethyl adjacent to an activating group) is 1. The molecule has 118 valence electrons. The first-order valence-corrected chi connectivity index (χ1v) is 7.55. The van der Waals surface area contributed by atoms with Crippen LogP contribution in [0.25, 0.3) is 5.65 Å². The minimum atomic E-state index is 0.396. The van der Waals surface area contributed by atoms with Gasteiger partial charge < -0.3 is 9.80 Å². The largest absolute Gasteiger partial charge is 0.353 e. The number of hydrogen-bond acceptors (Lipinski definition) is 7. The highest BCUT2D eigenvalue weighted by Crippen LogP contribution is 2.27. The van der Waals surface area contributed by atoms with Gasteiger partial charge in [0.15, 0.2) is 5.82 Å². The number of aromatic nitrogens is 6. The van der Waals surface area contributed by atoms with Crippen molar-refractivity contribution in [2.45, 2.75) is 19.9 Å². The summed E-state index contributed by atoms with van der Waals surface area (Å²) in [5.74, 6) is 1.88. The summed E-state index contributed by atoms with van der Waals surface area (Å²) < 4.78 is 1.89.